The van der Waals surface area contributed by atoms with Gasteiger partial charge in [0, 0.05) is 18.2 Å². The fourth-order valence-corrected chi connectivity index (χ4v) is 1.77. The molecule has 1 aromatic carbocycles. The summed E-state index contributed by atoms with van der Waals surface area (Å²) in [6.07, 6.45) is -3.39. The number of hydrogen-bond donors (Lipinski definition) is 1. The fourth-order valence-electron chi connectivity index (χ4n) is 1.77. The highest BCUT2D eigenvalue weighted by molar-refractivity contribution is 5.41. The number of aromatic nitrogens is 2. The molecule has 2 rings (SSSR count). The van der Waals surface area contributed by atoms with E-state index in [2.05, 4.69) is 5.10 Å². The predicted molar refractivity (Wildman–Crippen MR) is 63.0 cm³/mol. The smallest absolute Gasteiger partial charge is 0.433 e. The molecule has 102 valence electrons. The summed E-state index contributed by atoms with van der Waals surface area (Å²) < 4.78 is 45.0. The van der Waals surface area contributed by atoms with Crippen LogP contribution in [0.2, 0.25) is 0 Å². The van der Waals surface area contributed by atoms with Gasteiger partial charge in [0.25, 0.3) is 0 Å². The van der Waals surface area contributed by atoms with Gasteiger partial charge in [-0.15, -0.1) is 0 Å². The highest BCUT2D eigenvalue weighted by Crippen LogP contribution is 2.33. The highest BCUT2D eigenvalue weighted by atomic mass is 19.4. The second-order valence-corrected chi connectivity index (χ2v) is 3.83. The molecule has 0 aliphatic carbocycles. The number of halogens is 3. The van der Waals surface area contributed by atoms with E-state index in [0.29, 0.717) is 5.75 Å². The van der Waals surface area contributed by atoms with Gasteiger partial charge >= 0.3 is 6.18 Å². The summed E-state index contributed by atoms with van der Waals surface area (Å²) in [4.78, 5) is 0. The van der Waals surface area contributed by atoms with E-state index >= 15 is 0 Å². The third-order valence-electron chi connectivity index (χ3n) is 2.63. The van der Waals surface area contributed by atoms with Gasteiger partial charge in [-0.2, -0.15) is 18.3 Å². The summed E-state index contributed by atoms with van der Waals surface area (Å²) in [6.45, 7) is -0.223. The number of nitrogens with two attached hydrogens (primary N) is 1. The molecular weight excluding hydrogens is 259 g/mol. The highest BCUT2D eigenvalue weighted by Gasteiger charge is 2.38. The van der Waals surface area contributed by atoms with Crippen LogP contribution >= 0.6 is 0 Å². The molecule has 7 heteroatoms. The summed E-state index contributed by atoms with van der Waals surface area (Å²) in [6, 6.07) is 6.23. The van der Waals surface area contributed by atoms with Crippen LogP contribution in [-0.4, -0.2) is 16.9 Å². The van der Waals surface area contributed by atoms with Crippen LogP contribution in [0.5, 0.6) is 5.75 Å². The summed E-state index contributed by atoms with van der Waals surface area (Å²) >= 11 is 0. The molecule has 2 N–H and O–H groups in total. The van der Waals surface area contributed by atoms with E-state index < -0.39 is 11.9 Å². The van der Waals surface area contributed by atoms with Gasteiger partial charge in [0.05, 0.1) is 19.0 Å². The van der Waals surface area contributed by atoms with Crippen LogP contribution in [0, 0.1) is 0 Å². The van der Waals surface area contributed by atoms with E-state index in [9.17, 15) is 13.2 Å². The van der Waals surface area contributed by atoms with Crippen molar-refractivity contribution in [3.8, 4) is 11.4 Å². The topological polar surface area (TPSA) is 53.1 Å². The van der Waals surface area contributed by atoms with Crippen molar-refractivity contribution in [2.75, 3.05) is 7.11 Å². The number of ether oxygens (including phenoxy) is 1. The molecule has 19 heavy (non-hydrogen) atoms. The van der Waals surface area contributed by atoms with E-state index in [1.807, 2.05) is 0 Å². The lowest BCUT2D eigenvalue weighted by atomic mass is 10.2. The predicted octanol–water partition coefficient (Wildman–Crippen LogP) is 2.36. The Kier molecular flexibility index (Phi) is 3.48. The minimum atomic E-state index is -4.52. The van der Waals surface area contributed by atoms with Crippen molar-refractivity contribution in [3.63, 3.8) is 0 Å². The summed E-state index contributed by atoms with van der Waals surface area (Å²) in [5, 5.41) is 3.76. The molecule has 0 radical (unpaired) electrons. The maximum atomic E-state index is 13.0. The SMILES string of the molecule is COc1cccc(-n2ncc(CN)c2C(F)(F)F)c1. The van der Waals surface area contributed by atoms with Gasteiger partial charge in [-0.25, -0.2) is 4.68 Å². The van der Waals surface area contributed by atoms with Gasteiger partial charge in [0.15, 0.2) is 5.69 Å². The first-order valence-electron chi connectivity index (χ1n) is 5.46. The van der Waals surface area contributed by atoms with Crippen LogP contribution in [0.25, 0.3) is 5.69 Å². The monoisotopic (exact) mass is 271 g/mol. The zero-order chi connectivity index (χ0) is 14.0. The zero-order valence-corrected chi connectivity index (χ0v) is 10.1. The molecule has 4 nitrogen and oxygen atoms in total. The number of benzene rings is 1. The van der Waals surface area contributed by atoms with E-state index in [-0.39, 0.29) is 17.8 Å². The van der Waals surface area contributed by atoms with Crippen molar-refractivity contribution in [2.24, 2.45) is 5.73 Å². The lowest BCUT2D eigenvalue weighted by molar-refractivity contribution is -0.143. The minimum Gasteiger partial charge on any atom is -0.497 e. The van der Waals surface area contributed by atoms with Crippen LogP contribution in [0.15, 0.2) is 30.5 Å². The molecule has 0 aliphatic rings. The van der Waals surface area contributed by atoms with E-state index in [1.54, 1.807) is 12.1 Å². The Hall–Kier alpha value is -2.02. The maximum Gasteiger partial charge on any atom is 0.433 e. The number of methoxy groups -OCH3 is 1. The van der Waals surface area contributed by atoms with E-state index in [4.69, 9.17) is 10.5 Å². The first kappa shape index (κ1) is 13.4. The Labute approximate surface area is 107 Å². The molecule has 1 heterocycles. The normalized spacial score (nSPS) is 11.6. The fraction of sp³-hybridized carbons (Fsp3) is 0.250. The van der Waals surface area contributed by atoms with Crippen LogP contribution in [0.1, 0.15) is 11.3 Å². The summed E-state index contributed by atoms with van der Waals surface area (Å²) in [5.74, 6) is 0.454. The van der Waals surface area contributed by atoms with Gasteiger partial charge in [-0.1, -0.05) is 6.07 Å². The average Bonchev–Trinajstić information content (AvgIpc) is 2.82. The summed E-state index contributed by atoms with van der Waals surface area (Å²) in [7, 11) is 1.44. The van der Waals surface area contributed by atoms with Crippen LogP contribution in [0.4, 0.5) is 13.2 Å². The van der Waals surface area contributed by atoms with Crippen molar-refractivity contribution in [3.05, 3.63) is 41.7 Å². The Morgan fingerprint density at radius 1 is 1.37 bits per heavy atom. The van der Waals surface area contributed by atoms with Crippen molar-refractivity contribution in [2.45, 2.75) is 12.7 Å². The number of rotatable bonds is 3. The molecule has 0 fully saturated rings. The van der Waals surface area contributed by atoms with Gasteiger partial charge in [0.1, 0.15) is 5.75 Å². The van der Waals surface area contributed by atoms with Gasteiger partial charge in [-0.3, -0.25) is 0 Å². The quantitative estimate of drug-likeness (QED) is 0.932. The first-order chi connectivity index (χ1) is 8.97. The summed E-state index contributed by atoms with van der Waals surface area (Å²) in [5.41, 5.74) is 4.68. The van der Waals surface area contributed by atoms with E-state index in [0.717, 1.165) is 10.9 Å². The Bertz CT molecular complexity index is 578. The molecular formula is C12H12F3N3O. The molecule has 0 saturated carbocycles. The molecule has 0 aliphatic heterocycles. The second-order valence-electron chi connectivity index (χ2n) is 3.83. The van der Waals surface area contributed by atoms with Gasteiger partial charge in [-0.05, 0) is 12.1 Å². The average molecular weight is 271 g/mol. The molecule has 0 saturated heterocycles. The standard InChI is InChI=1S/C12H12F3N3O/c1-19-10-4-2-3-9(5-10)18-11(12(13,14)15)8(6-16)7-17-18/h2-5,7H,6,16H2,1H3. The van der Waals surface area contributed by atoms with Crippen LogP contribution in [0.3, 0.4) is 0 Å². The van der Waals surface area contributed by atoms with Gasteiger partial charge < -0.3 is 10.5 Å². The third kappa shape index (κ3) is 2.55. The molecule has 2 aromatic rings. The van der Waals surface area contributed by atoms with Gasteiger partial charge in [0.2, 0.25) is 0 Å². The first-order valence-corrected chi connectivity index (χ1v) is 5.46. The number of alkyl halides is 3. The third-order valence-corrected chi connectivity index (χ3v) is 2.63. The molecule has 0 bridgehead atoms. The van der Waals surface area contributed by atoms with E-state index in [1.165, 1.54) is 19.2 Å². The van der Waals surface area contributed by atoms with Crippen LogP contribution in [-0.2, 0) is 12.7 Å². The zero-order valence-electron chi connectivity index (χ0n) is 10.1. The largest absolute Gasteiger partial charge is 0.497 e. The molecule has 0 unspecified atom stereocenters. The lowest BCUT2D eigenvalue weighted by Crippen LogP contribution is -2.16. The lowest BCUT2D eigenvalue weighted by Gasteiger charge is -2.12. The van der Waals surface area contributed by atoms with Crippen molar-refractivity contribution in [1.82, 2.24) is 9.78 Å². The Morgan fingerprint density at radius 2 is 2.11 bits per heavy atom. The van der Waals surface area contributed by atoms with Crippen molar-refractivity contribution < 1.29 is 17.9 Å². The number of hydrogen-bond acceptors (Lipinski definition) is 3. The van der Waals surface area contributed by atoms with Crippen molar-refractivity contribution in [1.29, 1.82) is 0 Å². The Morgan fingerprint density at radius 3 is 2.68 bits per heavy atom. The molecule has 0 amide bonds. The molecule has 0 spiro atoms. The number of nitrogens with zero attached hydrogens (tertiary/aromatic N) is 2. The second kappa shape index (κ2) is 4.93. The van der Waals surface area contributed by atoms with Crippen molar-refractivity contribution >= 4 is 0 Å². The molecule has 0 atom stereocenters. The molecule has 1 aromatic heterocycles. The van der Waals surface area contributed by atoms with Crippen LogP contribution < -0.4 is 10.5 Å². The Balaban J connectivity index is 2.59. The maximum absolute atomic E-state index is 13.0. The minimum absolute atomic E-state index is 0.0460.